The summed E-state index contributed by atoms with van der Waals surface area (Å²) >= 11 is 0. The summed E-state index contributed by atoms with van der Waals surface area (Å²) in [4.78, 5) is 15.4. The van der Waals surface area contributed by atoms with Crippen LogP contribution >= 0.6 is 0 Å². The van der Waals surface area contributed by atoms with Crippen molar-refractivity contribution in [1.82, 2.24) is 4.90 Å². The summed E-state index contributed by atoms with van der Waals surface area (Å²) in [5.41, 5.74) is 0.992. The third kappa shape index (κ3) is 3.84. The van der Waals surface area contributed by atoms with Gasteiger partial charge >= 0.3 is 0 Å². The van der Waals surface area contributed by atoms with Crippen molar-refractivity contribution < 1.29 is 4.79 Å². The first-order valence-corrected chi connectivity index (χ1v) is 6.89. The van der Waals surface area contributed by atoms with Crippen molar-refractivity contribution in [2.45, 2.75) is 25.7 Å². The normalized spacial score (nSPS) is 16.4. The molecule has 1 aromatic carbocycles. The quantitative estimate of drug-likeness (QED) is 0.720. The molecule has 18 heavy (non-hydrogen) atoms. The van der Waals surface area contributed by atoms with Gasteiger partial charge in [-0.2, -0.15) is 0 Å². The van der Waals surface area contributed by atoms with Gasteiger partial charge in [-0.1, -0.05) is 24.6 Å². The van der Waals surface area contributed by atoms with Gasteiger partial charge in [0, 0.05) is 12.2 Å². The first-order valence-electron chi connectivity index (χ1n) is 6.89. The SMILES string of the molecule is O=CN(CCCN1CCCCC1)c1ccccc1. The van der Waals surface area contributed by atoms with Gasteiger partial charge in [0.2, 0.25) is 6.41 Å². The number of hydrogen-bond donors (Lipinski definition) is 0. The lowest BCUT2D eigenvalue weighted by atomic mass is 10.1. The molecular weight excluding hydrogens is 224 g/mol. The minimum Gasteiger partial charge on any atom is -0.315 e. The van der Waals surface area contributed by atoms with Crippen LogP contribution in [0, 0.1) is 0 Å². The molecule has 0 aromatic heterocycles. The molecule has 1 fully saturated rings. The van der Waals surface area contributed by atoms with Gasteiger partial charge in [0.15, 0.2) is 0 Å². The van der Waals surface area contributed by atoms with Crippen LogP contribution in [0.1, 0.15) is 25.7 Å². The molecule has 0 N–H and O–H groups in total. The molecule has 0 radical (unpaired) electrons. The molecule has 0 saturated carbocycles. The Bertz CT molecular complexity index is 347. The third-order valence-electron chi connectivity index (χ3n) is 3.54. The van der Waals surface area contributed by atoms with Crippen molar-refractivity contribution in [3.63, 3.8) is 0 Å². The predicted octanol–water partition coefficient (Wildman–Crippen LogP) is 2.53. The van der Waals surface area contributed by atoms with Crippen molar-refractivity contribution >= 4 is 12.1 Å². The van der Waals surface area contributed by atoms with E-state index < -0.39 is 0 Å². The number of nitrogens with zero attached hydrogens (tertiary/aromatic N) is 2. The van der Waals surface area contributed by atoms with Gasteiger partial charge in [-0.25, -0.2) is 0 Å². The highest BCUT2D eigenvalue weighted by Gasteiger charge is 2.10. The zero-order valence-electron chi connectivity index (χ0n) is 10.9. The first-order chi connectivity index (χ1) is 8.90. The van der Waals surface area contributed by atoms with Crippen molar-refractivity contribution in [2.24, 2.45) is 0 Å². The Morgan fingerprint density at radius 3 is 2.50 bits per heavy atom. The Morgan fingerprint density at radius 2 is 1.83 bits per heavy atom. The number of amides is 1. The molecule has 0 unspecified atom stereocenters. The lowest BCUT2D eigenvalue weighted by Gasteiger charge is -2.27. The molecule has 3 heteroatoms. The number of anilines is 1. The highest BCUT2D eigenvalue weighted by atomic mass is 16.1. The van der Waals surface area contributed by atoms with E-state index in [0.29, 0.717) is 0 Å². The fourth-order valence-corrected chi connectivity index (χ4v) is 2.51. The fraction of sp³-hybridized carbons (Fsp3) is 0.533. The number of benzene rings is 1. The standard InChI is InChI=1S/C15H22N2O/c18-14-17(15-8-3-1-4-9-15)13-7-12-16-10-5-2-6-11-16/h1,3-4,8-9,14H,2,5-7,10-13H2. The Hall–Kier alpha value is -1.35. The van der Waals surface area contributed by atoms with Gasteiger partial charge in [-0.3, -0.25) is 4.79 Å². The molecule has 1 heterocycles. The van der Waals surface area contributed by atoms with Crippen LogP contribution in [0.4, 0.5) is 5.69 Å². The van der Waals surface area contributed by atoms with Gasteiger partial charge in [0.1, 0.15) is 0 Å². The highest BCUT2D eigenvalue weighted by molar-refractivity contribution is 5.74. The summed E-state index contributed by atoms with van der Waals surface area (Å²) in [5, 5.41) is 0. The Balaban J connectivity index is 1.75. The number of carbonyl (C=O) groups is 1. The number of piperidine rings is 1. The van der Waals surface area contributed by atoms with Crippen LogP contribution in [0.2, 0.25) is 0 Å². The van der Waals surface area contributed by atoms with Gasteiger partial charge in [0.25, 0.3) is 0 Å². The van der Waals surface area contributed by atoms with E-state index in [0.717, 1.165) is 31.6 Å². The first kappa shape index (κ1) is 13.1. The van der Waals surface area contributed by atoms with Crippen LogP contribution in [0.25, 0.3) is 0 Å². The largest absolute Gasteiger partial charge is 0.315 e. The summed E-state index contributed by atoms with van der Waals surface area (Å²) in [6, 6.07) is 9.87. The lowest BCUT2D eigenvalue weighted by molar-refractivity contribution is -0.107. The lowest BCUT2D eigenvalue weighted by Crippen LogP contribution is -2.33. The molecule has 1 aliphatic rings. The zero-order valence-corrected chi connectivity index (χ0v) is 10.9. The Kier molecular flexibility index (Phi) is 5.21. The van der Waals surface area contributed by atoms with Crippen molar-refractivity contribution in [2.75, 3.05) is 31.1 Å². The van der Waals surface area contributed by atoms with Crippen LogP contribution in [-0.4, -0.2) is 37.5 Å². The number of para-hydroxylation sites is 1. The van der Waals surface area contributed by atoms with Crippen LogP contribution in [0.15, 0.2) is 30.3 Å². The molecule has 1 saturated heterocycles. The minimum absolute atomic E-state index is 0.810. The molecule has 0 aliphatic carbocycles. The smallest absolute Gasteiger partial charge is 0.214 e. The van der Waals surface area contributed by atoms with Crippen LogP contribution in [0.3, 0.4) is 0 Å². The molecule has 1 aromatic rings. The van der Waals surface area contributed by atoms with Gasteiger partial charge in [0.05, 0.1) is 0 Å². The third-order valence-corrected chi connectivity index (χ3v) is 3.54. The molecule has 98 valence electrons. The maximum atomic E-state index is 11.1. The molecule has 1 amide bonds. The number of hydrogen-bond acceptors (Lipinski definition) is 2. The highest BCUT2D eigenvalue weighted by Crippen LogP contribution is 2.13. The van der Waals surface area contributed by atoms with Crippen LogP contribution in [-0.2, 0) is 4.79 Å². The maximum absolute atomic E-state index is 11.1. The van der Waals surface area contributed by atoms with Crippen molar-refractivity contribution in [3.8, 4) is 0 Å². The molecule has 0 spiro atoms. The second-order valence-electron chi connectivity index (χ2n) is 4.89. The average Bonchev–Trinajstić information content (AvgIpc) is 2.46. The topological polar surface area (TPSA) is 23.6 Å². The monoisotopic (exact) mass is 246 g/mol. The molecule has 2 rings (SSSR count). The van der Waals surface area contributed by atoms with E-state index in [1.807, 2.05) is 30.3 Å². The summed E-state index contributed by atoms with van der Waals surface area (Å²) in [5.74, 6) is 0. The Labute approximate surface area is 109 Å². The number of rotatable bonds is 6. The van der Waals surface area contributed by atoms with Crippen molar-refractivity contribution in [1.29, 1.82) is 0 Å². The van der Waals surface area contributed by atoms with Crippen LogP contribution < -0.4 is 4.90 Å². The maximum Gasteiger partial charge on any atom is 0.214 e. The van der Waals surface area contributed by atoms with E-state index >= 15 is 0 Å². The minimum atomic E-state index is 0.810. The van der Waals surface area contributed by atoms with Crippen molar-refractivity contribution in [3.05, 3.63) is 30.3 Å². The summed E-state index contributed by atoms with van der Waals surface area (Å²) in [6.45, 7) is 4.38. The number of likely N-dealkylation sites (tertiary alicyclic amines) is 1. The second-order valence-corrected chi connectivity index (χ2v) is 4.89. The molecule has 1 aliphatic heterocycles. The van der Waals surface area contributed by atoms with Gasteiger partial charge in [-0.15, -0.1) is 0 Å². The predicted molar refractivity (Wildman–Crippen MR) is 74.8 cm³/mol. The average molecular weight is 246 g/mol. The molecule has 3 nitrogen and oxygen atoms in total. The van der Waals surface area contributed by atoms with E-state index in [-0.39, 0.29) is 0 Å². The van der Waals surface area contributed by atoms with Gasteiger partial charge < -0.3 is 9.80 Å². The van der Waals surface area contributed by atoms with E-state index in [1.165, 1.54) is 32.4 Å². The summed E-state index contributed by atoms with van der Waals surface area (Å²) in [6.07, 6.45) is 6.02. The van der Waals surface area contributed by atoms with E-state index in [2.05, 4.69) is 4.90 Å². The summed E-state index contributed by atoms with van der Waals surface area (Å²) < 4.78 is 0. The van der Waals surface area contributed by atoms with E-state index in [9.17, 15) is 4.79 Å². The summed E-state index contributed by atoms with van der Waals surface area (Å²) in [7, 11) is 0. The fourth-order valence-electron chi connectivity index (χ4n) is 2.51. The van der Waals surface area contributed by atoms with E-state index in [4.69, 9.17) is 0 Å². The molecule has 0 atom stereocenters. The second kappa shape index (κ2) is 7.17. The zero-order chi connectivity index (χ0) is 12.6. The Morgan fingerprint density at radius 1 is 1.11 bits per heavy atom. The molecular formula is C15H22N2O. The van der Waals surface area contributed by atoms with E-state index in [1.54, 1.807) is 4.90 Å². The number of carbonyl (C=O) groups excluding carboxylic acids is 1. The van der Waals surface area contributed by atoms with Gasteiger partial charge in [-0.05, 0) is 51.0 Å². The van der Waals surface area contributed by atoms with Crippen LogP contribution in [0.5, 0.6) is 0 Å². The molecule has 0 bridgehead atoms.